The van der Waals surface area contributed by atoms with Crippen LogP contribution in [0.4, 0.5) is 0 Å². The zero-order valence-electron chi connectivity index (χ0n) is 17.8. The largest absolute Gasteiger partial charge is 0.496 e. The molecule has 1 unspecified atom stereocenters. The van der Waals surface area contributed by atoms with E-state index < -0.39 is 18.0 Å². The summed E-state index contributed by atoms with van der Waals surface area (Å²) in [5, 5.41) is 9.01. The molecule has 2 rings (SSSR count). The topological polar surface area (TPSA) is 127 Å². The standard InChI is InChI=1S/C21H29NO8/c1-12(9-16(22)20(23)24)5-6-14-18(27-4)13(2)15-10-29-21(25)17(15)19(14)30-11-28-8-7-26-3/h5,16H,6-11,22H2,1-4H3,(H,23,24)/b12-5+. The Morgan fingerprint density at radius 2 is 2.03 bits per heavy atom. The first-order chi connectivity index (χ1) is 14.3. The molecule has 0 spiro atoms. The number of allylic oxidation sites excluding steroid dienone is 1. The van der Waals surface area contributed by atoms with Gasteiger partial charge in [0.05, 0.1) is 20.3 Å². The Labute approximate surface area is 175 Å². The number of rotatable bonds is 12. The smallest absolute Gasteiger partial charge is 0.342 e. The van der Waals surface area contributed by atoms with Crippen LogP contribution < -0.4 is 15.2 Å². The Morgan fingerprint density at radius 1 is 1.30 bits per heavy atom. The highest BCUT2D eigenvalue weighted by molar-refractivity contribution is 5.98. The van der Waals surface area contributed by atoms with E-state index in [1.165, 1.54) is 0 Å². The molecule has 0 aliphatic carbocycles. The molecule has 0 radical (unpaired) electrons. The Kier molecular flexibility index (Phi) is 8.64. The monoisotopic (exact) mass is 423 g/mol. The van der Waals surface area contributed by atoms with Crippen LogP contribution in [0.2, 0.25) is 0 Å². The summed E-state index contributed by atoms with van der Waals surface area (Å²) >= 11 is 0. The third-order valence-electron chi connectivity index (χ3n) is 4.86. The summed E-state index contributed by atoms with van der Waals surface area (Å²) in [4.78, 5) is 23.4. The first-order valence-corrected chi connectivity index (χ1v) is 9.54. The van der Waals surface area contributed by atoms with Crippen LogP contribution in [0.3, 0.4) is 0 Å². The number of fused-ring (bicyclic) bond motifs is 1. The minimum atomic E-state index is -1.06. The minimum absolute atomic E-state index is 0.0745. The number of hydrogen-bond acceptors (Lipinski definition) is 8. The van der Waals surface area contributed by atoms with Crippen molar-refractivity contribution in [2.75, 3.05) is 34.2 Å². The zero-order chi connectivity index (χ0) is 22.3. The van der Waals surface area contributed by atoms with Crippen molar-refractivity contribution in [1.29, 1.82) is 0 Å². The van der Waals surface area contributed by atoms with Crippen LogP contribution in [0.1, 0.15) is 40.4 Å². The maximum Gasteiger partial charge on any atom is 0.342 e. The van der Waals surface area contributed by atoms with Gasteiger partial charge in [-0.2, -0.15) is 0 Å². The second-order valence-corrected chi connectivity index (χ2v) is 6.96. The van der Waals surface area contributed by atoms with E-state index in [1.807, 2.05) is 13.0 Å². The molecule has 0 aromatic heterocycles. The Hall–Kier alpha value is -2.62. The lowest BCUT2D eigenvalue weighted by Gasteiger charge is -2.19. The normalized spacial score (nSPS) is 14.3. The summed E-state index contributed by atoms with van der Waals surface area (Å²) in [5.74, 6) is -0.587. The third kappa shape index (κ3) is 5.50. The molecule has 166 valence electrons. The van der Waals surface area contributed by atoms with Crippen molar-refractivity contribution >= 4 is 11.9 Å². The molecule has 0 amide bonds. The van der Waals surface area contributed by atoms with Crippen molar-refractivity contribution < 1.29 is 38.4 Å². The Balaban J connectivity index is 2.38. The molecule has 1 aliphatic heterocycles. The molecule has 9 heteroatoms. The molecular formula is C21H29NO8. The predicted octanol–water partition coefficient (Wildman–Crippen LogP) is 1.96. The molecular weight excluding hydrogens is 394 g/mol. The van der Waals surface area contributed by atoms with Crippen LogP contribution in [0.5, 0.6) is 11.5 Å². The van der Waals surface area contributed by atoms with Gasteiger partial charge in [0.15, 0.2) is 6.79 Å². The highest BCUT2D eigenvalue weighted by Crippen LogP contribution is 2.42. The van der Waals surface area contributed by atoms with Gasteiger partial charge in [0.1, 0.15) is 29.7 Å². The van der Waals surface area contributed by atoms with Crippen molar-refractivity contribution in [3.63, 3.8) is 0 Å². The van der Waals surface area contributed by atoms with E-state index in [0.717, 1.165) is 16.7 Å². The molecule has 1 atom stereocenters. The van der Waals surface area contributed by atoms with Crippen molar-refractivity contribution in [3.8, 4) is 11.5 Å². The lowest BCUT2D eigenvalue weighted by atomic mass is 9.94. The quantitative estimate of drug-likeness (QED) is 0.224. The zero-order valence-corrected chi connectivity index (χ0v) is 17.8. The van der Waals surface area contributed by atoms with E-state index in [9.17, 15) is 9.59 Å². The van der Waals surface area contributed by atoms with Gasteiger partial charge in [-0.05, 0) is 32.3 Å². The van der Waals surface area contributed by atoms with Gasteiger partial charge in [-0.25, -0.2) is 4.79 Å². The van der Waals surface area contributed by atoms with Crippen LogP contribution in [-0.2, 0) is 32.0 Å². The van der Waals surface area contributed by atoms with E-state index in [2.05, 4.69) is 0 Å². The Bertz CT molecular complexity index is 818. The van der Waals surface area contributed by atoms with E-state index in [4.69, 9.17) is 34.5 Å². The Morgan fingerprint density at radius 3 is 2.67 bits per heavy atom. The highest BCUT2D eigenvalue weighted by atomic mass is 16.7. The molecule has 0 fully saturated rings. The molecule has 0 saturated carbocycles. The van der Waals surface area contributed by atoms with Crippen molar-refractivity contribution in [3.05, 3.63) is 33.9 Å². The molecule has 0 saturated heterocycles. The van der Waals surface area contributed by atoms with Crippen molar-refractivity contribution in [1.82, 2.24) is 0 Å². The fourth-order valence-corrected chi connectivity index (χ4v) is 3.26. The number of carbonyl (C=O) groups is 2. The first kappa shape index (κ1) is 23.7. The van der Waals surface area contributed by atoms with Crippen LogP contribution in [-0.4, -0.2) is 57.3 Å². The molecule has 3 N–H and O–H groups in total. The fourth-order valence-electron chi connectivity index (χ4n) is 3.26. The molecule has 9 nitrogen and oxygen atoms in total. The maximum absolute atomic E-state index is 12.4. The van der Waals surface area contributed by atoms with Gasteiger partial charge in [0.25, 0.3) is 0 Å². The molecule has 1 aromatic rings. The second kappa shape index (κ2) is 11.0. The number of carboxylic acids is 1. The van der Waals surface area contributed by atoms with Crippen LogP contribution in [0, 0.1) is 6.92 Å². The average molecular weight is 423 g/mol. The molecule has 1 heterocycles. The lowest BCUT2D eigenvalue weighted by molar-refractivity contribution is -0.138. The average Bonchev–Trinajstić information content (AvgIpc) is 3.09. The number of hydrogen-bond donors (Lipinski definition) is 2. The molecule has 1 aliphatic rings. The van der Waals surface area contributed by atoms with Crippen LogP contribution >= 0.6 is 0 Å². The third-order valence-corrected chi connectivity index (χ3v) is 4.86. The number of carboxylic acid groups (broad SMARTS) is 1. The van der Waals surface area contributed by atoms with E-state index >= 15 is 0 Å². The van der Waals surface area contributed by atoms with Gasteiger partial charge >= 0.3 is 11.9 Å². The van der Waals surface area contributed by atoms with Gasteiger partial charge in [-0.3, -0.25) is 4.79 Å². The van der Waals surface area contributed by atoms with E-state index in [-0.39, 0.29) is 19.8 Å². The minimum Gasteiger partial charge on any atom is -0.496 e. The second-order valence-electron chi connectivity index (χ2n) is 6.96. The van der Waals surface area contributed by atoms with Gasteiger partial charge in [0, 0.05) is 18.2 Å². The number of esters is 1. The number of benzene rings is 1. The number of cyclic esters (lactones) is 1. The lowest BCUT2D eigenvalue weighted by Crippen LogP contribution is -2.30. The number of ether oxygens (including phenoxy) is 5. The molecule has 0 bridgehead atoms. The van der Waals surface area contributed by atoms with Crippen molar-refractivity contribution in [2.45, 2.75) is 39.3 Å². The van der Waals surface area contributed by atoms with Gasteiger partial charge in [-0.15, -0.1) is 0 Å². The molecule has 1 aromatic carbocycles. The van der Waals surface area contributed by atoms with E-state index in [0.29, 0.717) is 42.3 Å². The highest BCUT2D eigenvalue weighted by Gasteiger charge is 2.33. The first-order valence-electron chi connectivity index (χ1n) is 9.54. The summed E-state index contributed by atoms with van der Waals surface area (Å²) in [6.45, 7) is 4.50. The summed E-state index contributed by atoms with van der Waals surface area (Å²) in [5.41, 5.74) is 8.97. The maximum atomic E-state index is 12.4. The number of aliphatic carboxylic acids is 1. The fraction of sp³-hybridized carbons (Fsp3) is 0.524. The molecule has 30 heavy (non-hydrogen) atoms. The number of carbonyl (C=O) groups excluding carboxylic acids is 1. The summed E-state index contributed by atoms with van der Waals surface area (Å²) in [7, 11) is 3.12. The van der Waals surface area contributed by atoms with Crippen LogP contribution in [0.15, 0.2) is 11.6 Å². The van der Waals surface area contributed by atoms with E-state index in [1.54, 1.807) is 21.1 Å². The van der Waals surface area contributed by atoms with Gasteiger partial charge < -0.3 is 34.5 Å². The summed E-state index contributed by atoms with van der Waals surface area (Å²) in [6, 6.07) is -0.982. The summed E-state index contributed by atoms with van der Waals surface area (Å²) in [6.07, 6.45) is 2.42. The van der Waals surface area contributed by atoms with Gasteiger partial charge in [-0.1, -0.05) is 11.6 Å². The van der Waals surface area contributed by atoms with Crippen molar-refractivity contribution in [2.24, 2.45) is 5.73 Å². The summed E-state index contributed by atoms with van der Waals surface area (Å²) < 4.78 is 27.0. The number of nitrogens with two attached hydrogens (primary N) is 1. The predicted molar refractivity (Wildman–Crippen MR) is 108 cm³/mol. The van der Waals surface area contributed by atoms with Gasteiger partial charge in [0.2, 0.25) is 0 Å². The SMILES string of the molecule is COCCOCOc1c(C/C=C(\C)CC(N)C(=O)O)c(OC)c(C)c2c1C(=O)OC2. The number of methoxy groups -OCH3 is 2. The van der Waals surface area contributed by atoms with Crippen LogP contribution in [0.25, 0.3) is 0 Å².